The first-order valence-corrected chi connectivity index (χ1v) is 3.85. The quantitative estimate of drug-likeness (QED) is 0.556. The predicted molar refractivity (Wildman–Crippen MR) is 45.3 cm³/mol. The molecule has 0 bridgehead atoms. The largest absolute Gasteiger partial charge is 0.296 e. The smallest absolute Gasteiger partial charge is 0.230 e. The van der Waals surface area contributed by atoms with Crippen LogP contribution in [0.1, 0.15) is 37.7 Å². The summed E-state index contributed by atoms with van der Waals surface area (Å²) in [5.41, 5.74) is -0.617. The van der Waals surface area contributed by atoms with E-state index in [9.17, 15) is 9.59 Å². The maximum Gasteiger partial charge on any atom is 0.230 e. The Morgan fingerprint density at radius 2 is 2.08 bits per heavy atom. The zero-order valence-electron chi connectivity index (χ0n) is 10.5. The highest BCUT2D eigenvalue weighted by molar-refractivity contribution is 5.98. The fourth-order valence-corrected chi connectivity index (χ4v) is 1.11. The molecule has 12 heavy (non-hydrogen) atoms. The third-order valence-electron chi connectivity index (χ3n) is 1.76. The van der Waals surface area contributed by atoms with Crippen molar-refractivity contribution >= 4 is 11.8 Å². The van der Waals surface area contributed by atoms with Crippen LogP contribution in [0.5, 0.6) is 0 Å². The van der Waals surface area contributed by atoms with Crippen molar-refractivity contribution < 1.29 is 13.7 Å². The topological polar surface area (TPSA) is 46.2 Å². The number of rotatable bonds is 0. The van der Waals surface area contributed by atoms with Crippen molar-refractivity contribution in [3.05, 3.63) is 0 Å². The van der Waals surface area contributed by atoms with Gasteiger partial charge in [0.15, 0.2) is 0 Å². The van der Waals surface area contributed by atoms with E-state index in [4.69, 9.17) is 4.11 Å². The lowest BCUT2D eigenvalue weighted by molar-refractivity contribution is -0.139. The van der Waals surface area contributed by atoms with Gasteiger partial charge in [-0.25, -0.2) is 0 Å². The van der Waals surface area contributed by atoms with Crippen molar-refractivity contribution in [2.24, 2.45) is 11.3 Å². The summed E-state index contributed by atoms with van der Waals surface area (Å²) < 4.78 is 22.8. The van der Waals surface area contributed by atoms with E-state index in [-0.39, 0.29) is 0 Å². The monoisotopic (exact) mass is 172 g/mol. The van der Waals surface area contributed by atoms with Gasteiger partial charge in [-0.1, -0.05) is 20.8 Å². The maximum absolute atomic E-state index is 11.6. The molecule has 0 spiro atoms. The van der Waals surface area contributed by atoms with Crippen molar-refractivity contribution in [2.45, 2.75) is 33.5 Å². The first kappa shape index (κ1) is 5.73. The average molecular weight is 172 g/mol. The Morgan fingerprint density at radius 3 is 2.58 bits per heavy atom. The summed E-state index contributed by atoms with van der Waals surface area (Å²) >= 11 is 0. The molecule has 1 aliphatic rings. The summed E-state index contributed by atoms with van der Waals surface area (Å²) in [5, 5.41) is 2.04. The van der Waals surface area contributed by atoms with Crippen LogP contribution in [0.3, 0.4) is 0 Å². The van der Waals surface area contributed by atoms with Crippen LogP contribution in [0, 0.1) is 11.3 Å². The van der Waals surface area contributed by atoms with E-state index in [1.165, 1.54) is 0 Å². The van der Waals surface area contributed by atoms with Gasteiger partial charge in [0, 0.05) is 16.4 Å². The molecular weight excluding hydrogens is 154 g/mol. The van der Waals surface area contributed by atoms with Crippen molar-refractivity contribution in [3.63, 3.8) is 0 Å². The highest BCUT2D eigenvalue weighted by Crippen LogP contribution is 2.31. The predicted octanol–water partition coefficient (Wildman–Crippen LogP) is 1.09. The number of imide groups is 1. The molecule has 0 saturated carbocycles. The van der Waals surface area contributed by atoms with Crippen LogP contribution in [0.25, 0.3) is 0 Å². The van der Waals surface area contributed by atoms with E-state index in [0.29, 0.717) is 0 Å². The Morgan fingerprint density at radius 1 is 1.50 bits per heavy atom. The third-order valence-corrected chi connectivity index (χ3v) is 1.76. The van der Waals surface area contributed by atoms with E-state index >= 15 is 0 Å². The Kier molecular flexibility index (Phi) is 1.38. The molecule has 0 aromatic heterocycles. The molecule has 3 heteroatoms. The zero-order valence-corrected chi connectivity index (χ0v) is 7.47. The van der Waals surface area contributed by atoms with Crippen molar-refractivity contribution in [1.82, 2.24) is 5.32 Å². The van der Waals surface area contributed by atoms with Gasteiger partial charge in [0.1, 0.15) is 0 Å². The summed E-state index contributed by atoms with van der Waals surface area (Å²) in [4.78, 5) is 22.7. The second kappa shape index (κ2) is 2.88. The summed E-state index contributed by atoms with van der Waals surface area (Å²) in [5.74, 6) is -2.46. The van der Waals surface area contributed by atoms with Gasteiger partial charge in [0.05, 0.1) is 0 Å². The van der Waals surface area contributed by atoms with Crippen molar-refractivity contribution in [2.75, 3.05) is 0 Å². The van der Waals surface area contributed by atoms with E-state index in [0.717, 1.165) is 0 Å². The summed E-state index contributed by atoms with van der Waals surface area (Å²) in [6.07, 6.45) is -3.66. The Hall–Kier alpha value is -0.860. The van der Waals surface area contributed by atoms with Crippen LogP contribution >= 0.6 is 0 Å². The number of amides is 2. The van der Waals surface area contributed by atoms with Crippen molar-refractivity contribution in [1.29, 1.82) is 0 Å². The Labute approximate surface area is 76.7 Å². The second-order valence-electron chi connectivity index (χ2n) is 3.96. The Bertz CT molecular complexity index is 309. The maximum atomic E-state index is 11.6. The van der Waals surface area contributed by atoms with Gasteiger partial charge < -0.3 is 0 Å². The minimum absolute atomic E-state index is 0.617. The van der Waals surface area contributed by atoms with E-state index < -0.39 is 35.9 Å². The fraction of sp³-hybridized carbons (Fsp3) is 0.778. The van der Waals surface area contributed by atoms with Gasteiger partial charge >= 0.3 is 0 Å². The summed E-state index contributed by atoms with van der Waals surface area (Å²) in [6.45, 7) is 5.16. The zero-order chi connectivity index (χ0) is 12.0. The molecule has 0 aromatic carbocycles. The normalized spacial score (nSPS) is 39.4. The first-order chi connectivity index (χ1) is 6.58. The molecule has 0 aromatic rings. The van der Waals surface area contributed by atoms with Gasteiger partial charge in [-0.3, -0.25) is 14.9 Å². The molecule has 1 saturated heterocycles. The van der Waals surface area contributed by atoms with Crippen molar-refractivity contribution in [3.8, 4) is 0 Å². The number of hydrogen-bond acceptors (Lipinski definition) is 2. The highest BCUT2D eigenvalue weighted by Gasteiger charge is 2.35. The SMILES string of the molecule is [2H]C1C(=O)NC(=O)C(C(C)(C)C)C1([2H])[2H]. The summed E-state index contributed by atoms with van der Waals surface area (Å²) in [6, 6.07) is 0. The van der Waals surface area contributed by atoms with Crippen LogP contribution < -0.4 is 5.32 Å². The number of carbonyl (C=O) groups is 2. The minimum atomic E-state index is -2.11. The lowest BCUT2D eigenvalue weighted by atomic mass is 9.76. The standard InChI is InChI=1S/C9H15NO2/c1-9(2,3)6-4-5-7(11)10-8(6)12/h6H,4-5H2,1-3H3,(H,10,11,12)/i4D2,5D. The molecule has 3 nitrogen and oxygen atoms in total. The number of piperidine rings is 1. The number of nitrogens with one attached hydrogen (secondary N) is 1. The third kappa shape index (κ3) is 1.84. The molecule has 1 rings (SSSR count). The van der Waals surface area contributed by atoms with Gasteiger partial charge in [0.25, 0.3) is 0 Å². The van der Waals surface area contributed by atoms with Crippen LogP contribution in [0.2, 0.25) is 0 Å². The second-order valence-corrected chi connectivity index (χ2v) is 3.96. The molecule has 2 amide bonds. The first-order valence-electron chi connectivity index (χ1n) is 5.43. The van der Waals surface area contributed by atoms with Crippen LogP contribution in [0.4, 0.5) is 0 Å². The molecule has 68 valence electrons. The van der Waals surface area contributed by atoms with Crippen LogP contribution in [0.15, 0.2) is 0 Å². The van der Waals surface area contributed by atoms with E-state index in [1.807, 2.05) is 5.32 Å². The van der Waals surface area contributed by atoms with Gasteiger partial charge in [-0.2, -0.15) is 0 Å². The minimum Gasteiger partial charge on any atom is -0.296 e. The average Bonchev–Trinajstić information content (AvgIpc) is 1.96. The molecule has 1 fully saturated rings. The molecule has 2 unspecified atom stereocenters. The molecule has 0 radical (unpaired) electrons. The lowest BCUT2D eigenvalue weighted by Crippen LogP contribution is -2.45. The fourth-order valence-electron chi connectivity index (χ4n) is 1.11. The van der Waals surface area contributed by atoms with Crippen LogP contribution in [-0.4, -0.2) is 11.8 Å². The van der Waals surface area contributed by atoms with Crippen LogP contribution in [-0.2, 0) is 9.59 Å². The van der Waals surface area contributed by atoms with E-state index in [2.05, 4.69) is 0 Å². The number of hydrogen-bond donors (Lipinski definition) is 1. The lowest BCUT2D eigenvalue weighted by Gasteiger charge is -2.31. The molecule has 0 aliphatic carbocycles. The number of carbonyl (C=O) groups excluding carboxylic acids is 2. The summed E-state index contributed by atoms with van der Waals surface area (Å²) in [7, 11) is 0. The molecule has 2 atom stereocenters. The van der Waals surface area contributed by atoms with Gasteiger partial charge in [-0.05, 0) is 11.8 Å². The molecule has 1 aliphatic heterocycles. The highest BCUT2D eigenvalue weighted by atomic mass is 16.2. The molecule has 1 heterocycles. The Balaban J connectivity index is 3.15. The molecule has 1 N–H and O–H groups in total. The van der Waals surface area contributed by atoms with Gasteiger partial charge in [-0.15, -0.1) is 0 Å². The van der Waals surface area contributed by atoms with E-state index in [1.54, 1.807) is 20.8 Å². The van der Waals surface area contributed by atoms with Gasteiger partial charge in [0.2, 0.25) is 11.8 Å². The molecular formula is C9H15NO2.